The number of hydrogen-bond donors (Lipinski definition) is 2. The van der Waals surface area contributed by atoms with Crippen molar-refractivity contribution in [3.63, 3.8) is 0 Å². The van der Waals surface area contributed by atoms with Gasteiger partial charge in [-0.2, -0.15) is 0 Å². The van der Waals surface area contributed by atoms with Gasteiger partial charge in [-0.3, -0.25) is 4.72 Å². The standard InChI is InChI=1S/C20H26N2O3S/c1-15-8-13-19(25-2)20(14-15)26(23,24)22-18-11-9-17(10-12-18)21-16-6-4-3-5-7-16/h8-14,16,21-22H,3-7H2,1-2H3. The third-order valence-electron chi connectivity index (χ3n) is 4.72. The van der Waals surface area contributed by atoms with Crippen molar-refractivity contribution in [3.05, 3.63) is 48.0 Å². The molecule has 5 nitrogen and oxygen atoms in total. The third kappa shape index (κ3) is 4.49. The van der Waals surface area contributed by atoms with Crippen molar-refractivity contribution in [3.8, 4) is 5.75 Å². The van der Waals surface area contributed by atoms with Crippen LogP contribution in [0.3, 0.4) is 0 Å². The topological polar surface area (TPSA) is 67.4 Å². The van der Waals surface area contributed by atoms with Crippen molar-refractivity contribution in [2.24, 2.45) is 0 Å². The number of sulfonamides is 1. The third-order valence-corrected chi connectivity index (χ3v) is 6.12. The first-order chi connectivity index (χ1) is 12.5. The summed E-state index contributed by atoms with van der Waals surface area (Å²) in [4.78, 5) is 0.143. The SMILES string of the molecule is COc1ccc(C)cc1S(=O)(=O)Nc1ccc(NC2CCCCC2)cc1. The fourth-order valence-electron chi connectivity index (χ4n) is 3.32. The summed E-state index contributed by atoms with van der Waals surface area (Å²) >= 11 is 0. The zero-order valence-corrected chi connectivity index (χ0v) is 16.1. The van der Waals surface area contributed by atoms with Crippen LogP contribution in [0.25, 0.3) is 0 Å². The molecule has 3 rings (SSSR count). The first kappa shape index (κ1) is 18.6. The van der Waals surface area contributed by atoms with E-state index < -0.39 is 10.0 Å². The Morgan fingerprint density at radius 1 is 0.962 bits per heavy atom. The van der Waals surface area contributed by atoms with Crippen molar-refractivity contribution >= 4 is 21.4 Å². The van der Waals surface area contributed by atoms with Crippen molar-refractivity contribution in [1.82, 2.24) is 0 Å². The highest BCUT2D eigenvalue weighted by Crippen LogP contribution is 2.28. The molecule has 0 aromatic heterocycles. The van der Waals surface area contributed by atoms with Gasteiger partial charge in [0.05, 0.1) is 7.11 Å². The fraction of sp³-hybridized carbons (Fsp3) is 0.400. The van der Waals surface area contributed by atoms with E-state index in [-0.39, 0.29) is 4.90 Å². The predicted octanol–water partition coefficient (Wildman–Crippen LogP) is 4.55. The lowest BCUT2D eigenvalue weighted by Gasteiger charge is -2.24. The van der Waals surface area contributed by atoms with Crippen LogP contribution in [-0.4, -0.2) is 21.6 Å². The summed E-state index contributed by atoms with van der Waals surface area (Å²) in [6.45, 7) is 1.85. The van der Waals surface area contributed by atoms with Crippen LogP contribution < -0.4 is 14.8 Å². The van der Waals surface area contributed by atoms with E-state index in [2.05, 4.69) is 10.0 Å². The van der Waals surface area contributed by atoms with Crippen LogP contribution >= 0.6 is 0 Å². The van der Waals surface area contributed by atoms with Crippen LogP contribution in [0.5, 0.6) is 5.75 Å². The van der Waals surface area contributed by atoms with Crippen molar-refractivity contribution < 1.29 is 13.2 Å². The molecule has 0 amide bonds. The Morgan fingerprint density at radius 3 is 2.27 bits per heavy atom. The summed E-state index contributed by atoms with van der Waals surface area (Å²) in [5.41, 5.74) is 2.41. The first-order valence-corrected chi connectivity index (χ1v) is 10.5. The van der Waals surface area contributed by atoms with Crippen LogP contribution in [0.1, 0.15) is 37.7 Å². The Morgan fingerprint density at radius 2 is 1.62 bits per heavy atom. The lowest BCUT2D eigenvalue weighted by molar-refractivity contribution is 0.402. The van der Waals surface area contributed by atoms with E-state index in [4.69, 9.17) is 4.74 Å². The van der Waals surface area contributed by atoms with Gasteiger partial charge in [-0.15, -0.1) is 0 Å². The largest absolute Gasteiger partial charge is 0.495 e. The van der Waals surface area contributed by atoms with E-state index in [9.17, 15) is 8.42 Å². The molecule has 0 atom stereocenters. The highest BCUT2D eigenvalue weighted by Gasteiger charge is 2.20. The molecule has 2 N–H and O–H groups in total. The number of methoxy groups -OCH3 is 1. The maximum atomic E-state index is 12.7. The van der Waals surface area contributed by atoms with Gasteiger partial charge in [-0.1, -0.05) is 25.3 Å². The number of rotatable bonds is 6. The minimum absolute atomic E-state index is 0.143. The van der Waals surface area contributed by atoms with E-state index in [0.717, 1.165) is 11.3 Å². The molecule has 0 aliphatic heterocycles. The summed E-state index contributed by atoms with van der Waals surface area (Å²) in [6, 6.07) is 13.0. The first-order valence-electron chi connectivity index (χ1n) is 9.02. The number of ether oxygens (including phenoxy) is 1. The Hall–Kier alpha value is -2.21. The second-order valence-electron chi connectivity index (χ2n) is 6.82. The summed E-state index contributed by atoms with van der Waals surface area (Å²) in [6.07, 6.45) is 6.26. The molecule has 1 saturated carbocycles. The van der Waals surface area contributed by atoms with Gasteiger partial charge in [0, 0.05) is 17.4 Å². The van der Waals surface area contributed by atoms with Crippen LogP contribution in [0.2, 0.25) is 0 Å². The smallest absolute Gasteiger partial charge is 0.265 e. The van der Waals surface area contributed by atoms with Crippen molar-refractivity contribution in [2.45, 2.75) is 50.0 Å². The highest BCUT2D eigenvalue weighted by atomic mass is 32.2. The van der Waals surface area contributed by atoms with Gasteiger partial charge in [0.25, 0.3) is 10.0 Å². The number of hydrogen-bond acceptors (Lipinski definition) is 4. The molecule has 0 heterocycles. The Kier molecular flexibility index (Phi) is 5.71. The number of aryl methyl sites for hydroxylation is 1. The molecule has 1 fully saturated rings. The normalized spacial score (nSPS) is 15.5. The average molecular weight is 375 g/mol. The maximum Gasteiger partial charge on any atom is 0.265 e. The van der Waals surface area contributed by atoms with Gasteiger partial charge in [-0.25, -0.2) is 8.42 Å². The molecule has 1 aliphatic carbocycles. The van der Waals surface area contributed by atoms with E-state index in [0.29, 0.717) is 17.5 Å². The van der Waals surface area contributed by atoms with E-state index in [1.54, 1.807) is 24.3 Å². The predicted molar refractivity (Wildman–Crippen MR) is 105 cm³/mol. The van der Waals surface area contributed by atoms with Gasteiger partial charge >= 0.3 is 0 Å². The quantitative estimate of drug-likeness (QED) is 0.778. The Bertz CT molecular complexity index is 842. The zero-order chi connectivity index (χ0) is 18.6. The zero-order valence-electron chi connectivity index (χ0n) is 15.3. The summed E-state index contributed by atoms with van der Waals surface area (Å²) in [5, 5.41) is 3.53. The van der Waals surface area contributed by atoms with Gasteiger partial charge in [0.15, 0.2) is 0 Å². The Balaban J connectivity index is 1.73. The number of nitrogens with one attached hydrogen (secondary N) is 2. The highest BCUT2D eigenvalue weighted by molar-refractivity contribution is 7.92. The molecule has 0 saturated heterocycles. The molecule has 2 aromatic carbocycles. The van der Waals surface area contributed by atoms with Gasteiger partial charge < -0.3 is 10.1 Å². The second kappa shape index (κ2) is 7.99. The van der Waals surface area contributed by atoms with Crippen LogP contribution in [0.4, 0.5) is 11.4 Å². The molecule has 0 spiro atoms. The molecule has 140 valence electrons. The van der Waals surface area contributed by atoms with E-state index in [1.807, 2.05) is 25.1 Å². The second-order valence-corrected chi connectivity index (χ2v) is 8.47. The molecule has 26 heavy (non-hydrogen) atoms. The fourth-order valence-corrected chi connectivity index (χ4v) is 4.63. The lowest BCUT2D eigenvalue weighted by Crippen LogP contribution is -2.22. The van der Waals surface area contributed by atoms with E-state index >= 15 is 0 Å². The monoisotopic (exact) mass is 374 g/mol. The molecule has 0 bridgehead atoms. The van der Waals surface area contributed by atoms with E-state index in [1.165, 1.54) is 39.2 Å². The summed E-state index contributed by atoms with van der Waals surface area (Å²) < 4.78 is 33.3. The molecule has 0 radical (unpaired) electrons. The molecule has 6 heteroatoms. The maximum absolute atomic E-state index is 12.7. The van der Waals surface area contributed by atoms with Crippen molar-refractivity contribution in [2.75, 3.05) is 17.1 Å². The molecule has 0 unspecified atom stereocenters. The molecular formula is C20H26N2O3S. The Labute approximate surface area is 155 Å². The number of anilines is 2. The van der Waals surface area contributed by atoms with Crippen LogP contribution in [-0.2, 0) is 10.0 Å². The lowest BCUT2D eigenvalue weighted by atomic mass is 9.95. The summed E-state index contributed by atoms with van der Waals surface area (Å²) in [7, 11) is -2.25. The molecule has 2 aromatic rings. The average Bonchev–Trinajstić information content (AvgIpc) is 2.64. The minimum atomic E-state index is -3.71. The van der Waals surface area contributed by atoms with Gasteiger partial charge in [0.2, 0.25) is 0 Å². The van der Waals surface area contributed by atoms with Crippen LogP contribution in [0.15, 0.2) is 47.4 Å². The van der Waals surface area contributed by atoms with Crippen LogP contribution in [0, 0.1) is 6.92 Å². The van der Waals surface area contributed by atoms with Gasteiger partial charge in [0.1, 0.15) is 10.6 Å². The summed E-state index contributed by atoms with van der Waals surface area (Å²) in [5.74, 6) is 0.332. The van der Waals surface area contributed by atoms with Gasteiger partial charge in [-0.05, 0) is 61.7 Å². The van der Waals surface area contributed by atoms with Crippen molar-refractivity contribution in [1.29, 1.82) is 0 Å². The molecule has 1 aliphatic rings. The number of benzene rings is 2. The molecular weight excluding hydrogens is 348 g/mol. The minimum Gasteiger partial charge on any atom is -0.495 e.